The highest BCUT2D eigenvalue weighted by Crippen LogP contribution is 2.34. The zero-order valence-corrected chi connectivity index (χ0v) is 15.0. The molecular weight excluding hydrogens is 330 g/mol. The fraction of sp³-hybridized carbons (Fsp3) is 0.412. The van der Waals surface area contributed by atoms with Gasteiger partial charge in [-0.15, -0.1) is 0 Å². The van der Waals surface area contributed by atoms with E-state index in [0.29, 0.717) is 0 Å². The standard InChI is InChI=1S/C17H21NO5S/c1-18(2)10-13(16(19)11-5-6-11)17(20)12-7-8-14(23-3)15(9-12)24(4,21)22/h7-11H,5-6H2,1-4H3. The number of ketones is 2. The Morgan fingerprint density at radius 3 is 2.33 bits per heavy atom. The number of sulfone groups is 1. The fourth-order valence-electron chi connectivity index (χ4n) is 2.32. The van der Waals surface area contributed by atoms with E-state index in [1.807, 2.05) is 0 Å². The topological polar surface area (TPSA) is 80.8 Å². The summed E-state index contributed by atoms with van der Waals surface area (Å²) >= 11 is 0. The lowest BCUT2D eigenvalue weighted by molar-refractivity contribution is -0.116. The molecule has 130 valence electrons. The number of nitrogens with zero attached hydrogens (tertiary/aromatic N) is 1. The monoisotopic (exact) mass is 351 g/mol. The summed E-state index contributed by atoms with van der Waals surface area (Å²) in [5, 5.41) is 0. The highest BCUT2D eigenvalue weighted by atomic mass is 32.2. The van der Waals surface area contributed by atoms with Crippen LogP contribution >= 0.6 is 0 Å². The summed E-state index contributed by atoms with van der Waals surface area (Å²) in [6.07, 6.45) is 4.11. The smallest absolute Gasteiger partial charge is 0.198 e. The van der Waals surface area contributed by atoms with E-state index in [1.54, 1.807) is 19.0 Å². The minimum absolute atomic E-state index is 0.0704. The molecule has 24 heavy (non-hydrogen) atoms. The van der Waals surface area contributed by atoms with Crippen LogP contribution in [0.1, 0.15) is 23.2 Å². The molecule has 2 rings (SSSR count). The number of Topliss-reactive ketones (excluding diaryl/α,β-unsaturated/α-hetero) is 2. The SMILES string of the molecule is COc1ccc(C(=O)C(=CN(C)C)C(=O)C2CC2)cc1S(C)(=O)=O. The summed E-state index contributed by atoms with van der Waals surface area (Å²) in [7, 11) is 1.25. The third-order valence-corrected chi connectivity index (χ3v) is 4.79. The lowest BCUT2D eigenvalue weighted by Gasteiger charge is -2.12. The Labute approximate surface area is 142 Å². The van der Waals surface area contributed by atoms with Gasteiger partial charge in [-0.3, -0.25) is 9.59 Å². The van der Waals surface area contributed by atoms with E-state index in [1.165, 1.54) is 31.5 Å². The van der Waals surface area contributed by atoms with Gasteiger partial charge in [0.15, 0.2) is 21.4 Å². The minimum atomic E-state index is -3.57. The first kappa shape index (κ1) is 18.2. The summed E-state index contributed by atoms with van der Waals surface area (Å²) in [5.41, 5.74) is 0.227. The van der Waals surface area contributed by atoms with Crippen molar-refractivity contribution in [3.05, 3.63) is 35.5 Å². The molecule has 1 saturated carbocycles. The molecule has 6 nitrogen and oxygen atoms in total. The Kier molecular flexibility index (Phi) is 5.13. The maximum Gasteiger partial charge on any atom is 0.198 e. The van der Waals surface area contributed by atoms with E-state index in [0.717, 1.165) is 19.1 Å². The van der Waals surface area contributed by atoms with Gasteiger partial charge in [0.05, 0.1) is 12.7 Å². The summed E-state index contributed by atoms with van der Waals surface area (Å²) in [6.45, 7) is 0. The van der Waals surface area contributed by atoms with Crippen LogP contribution in [-0.4, -0.2) is 52.3 Å². The van der Waals surface area contributed by atoms with Crippen LogP contribution in [0.2, 0.25) is 0 Å². The maximum absolute atomic E-state index is 12.8. The molecule has 0 bridgehead atoms. The molecule has 7 heteroatoms. The number of carbonyl (C=O) groups excluding carboxylic acids is 2. The van der Waals surface area contributed by atoms with Crippen molar-refractivity contribution in [2.75, 3.05) is 27.5 Å². The Morgan fingerprint density at radius 2 is 1.88 bits per heavy atom. The molecule has 0 spiro atoms. The first-order valence-electron chi connectivity index (χ1n) is 7.50. The van der Waals surface area contributed by atoms with Crippen molar-refractivity contribution in [1.29, 1.82) is 0 Å². The van der Waals surface area contributed by atoms with Crippen molar-refractivity contribution in [3.63, 3.8) is 0 Å². The van der Waals surface area contributed by atoms with Gasteiger partial charge >= 0.3 is 0 Å². The lowest BCUT2D eigenvalue weighted by atomic mass is 9.98. The Hall–Kier alpha value is -2.15. The molecule has 0 radical (unpaired) electrons. The fourth-order valence-corrected chi connectivity index (χ4v) is 3.18. The number of hydrogen-bond acceptors (Lipinski definition) is 6. The van der Waals surface area contributed by atoms with Crippen LogP contribution in [0.4, 0.5) is 0 Å². The number of hydrogen-bond donors (Lipinski definition) is 0. The van der Waals surface area contributed by atoms with Gasteiger partial charge in [0.1, 0.15) is 10.6 Å². The normalized spacial score (nSPS) is 15.1. The van der Waals surface area contributed by atoms with Crippen LogP contribution in [-0.2, 0) is 14.6 Å². The van der Waals surface area contributed by atoms with Crippen molar-refractivity contribution in [2.24, 2.45) is 5.92 Å². The molecule has 0 aromatic heterocycles. The van der Waals surface area contributed by atoms with Gasteiger partial charge in [-0.1, -0.05) is 0 Å². The Morgan fingerprint density at radius 1 is 1.25 bits per heavy atom. The number of benzene rings is 1. The van der Waals surface area contributed by atoms with Gasteiger partial charge < -0.3 is 9.64 Å². The zero-order chi connectivity index (χ0) is 18.1. The van der Waals surface area contributed by atoms with Crippen molar-refractivity contribution < 1.29 is 22.7 Å². The quantitative estimate of drug-likeness (QED) is 0.322. The molecule has 0 amide bonds. The van der Waals surface area contributed by atoms with E-state index in [2.05, 4.69) is 0 Å². The summed E-state index contributed by atoms with van der Waals surface area (Å²) < 4.78 is 28.9. The van der Waals surface area contributed by atoms with E-state index in [4.69, 9.17) is 4.74 Å². The maximum atomic E-state index is 12.8. The average Bonchev–Trinajstić information content (AvgIpc) is 3.34. The second-order valence-electron chi connectivity index (χ2n) is 6.11. The molecule has 1 aliphatic rings. The molecule has 0 N–H and O–H groups in total. The van der Waals surface area contributed by atoms with Gasteiger partial charge in [-0.05, 0) is 31.0 Å². The second kappa shape index (κ2) is 6.76. The summed E-state index contributed by atoms with van der Waals surface area (Å²) in [6, 6.07) is 4.16. The molecule has 0 aliphatic heterocycles. The van der Waals surface area contributed by atoms with Crippen molar-refractivity contribution in [3.8, 4) is 5.75 Å². The van der Waals surface area contributed by atoms with Crippen molar-refractivity contribution >= 4 is 21.4 Å². The van der Waals surface area contributed by atoms with E-state index in [9.17, 15) is 18.0 Å². The predicted octanol–water partition coefficient (Wildman–Crippen LogP) is 1.71. The van der Waals surface area contributed by atoms with Gasteiger partial charge in [0.25, 0.3) is 0 Å². The summed E-state index contributed by atoms with van der Waals surface area (Å²) in [5.74, 6) is -0.605. The first-order valence-corrected chi connectivity index (χ1v) is 9.39. The van der Waals surface area contributed by atoms with Crippen LogP contribution in [0, 0.1) is 5.92 Å². The number of allylic oxidation sites excluding steroid dienone is 1. The third kappa shape index (κ3) is 4.03. The number of methoxy groups -OCH3 is 1. The predicted molar refractivity (Wildman–Crippen MR) is 89.9 cm³/mol. The Bertz CT molecular complexity index is 804. The van der Waals surface area contributed by atoms with E-state index in [-0.39, 0.29) is 33.5 Å². The number of carbonyl (C=O) groups is 2. The number of ether oxygens (including phenoxy) is 1. The van der Waals surface area contributed by atoms with Crippen molar-refractivity contribution in [1.82, 2.24) is 4.90 Å². The van der Waals surface area contributed by atoms with Crippen LogP contribution in [0.3, 0.4) is 0 Å². The van der Waals surface area contributed by atoms with Crippen LogP contribution in [0.5, 0.6) is 5.75 Å². The molecular formula is C17H21NO5S. The van der Waals surface area contributed by atoms with E-state index < -0.39 is 15.6 Å². The highest BCUT2D eigenvalue weighted by molar-refractivity contribution is 7.90. The molecule has 1 aliphatic carbocycles. The molecule has 0 saturated heterocycles. The van der Waals surface area contributed by atoms with E-state index >= 15 is 0 Å². The molecule has 0 atom stereocenters. The third-order valence-electron chi connectivity index (χ3n) is 3.67. The minimum Gasteiger partial charge on any atom is -0.495 e. The van der Waals surface area contributed by atoms with Crippen LogP contribution in [0.15, 0.2) is 34.9 Å². The molecule has 1 fully saturated rings. The molecule has 0 heterocycles. The Balaban J connectivity index is 2.49. The second-order valence-corrected chi connectivity index (χ2v) is 8.10. The largest absolute Gasteiger partial charge is 0.495 e. The molecule has 1 aromatic rings. The average molecular weight is 351 g/mol. The van der Waals surface area contributed by atoms with Gasteiger partial charge in [-0.25, -0.2) is 8.42 Å². The van der Waals surface area contributed by atoms with Crippen LogP contribution in [0.25, 0.3) is 0 Å². The molecule has 0 unspecified atom stereocenters. The van der Waals surface area contributed by atoms with Gasteiger partial charge in [0.2, 0.25) is 0 Å². The molecule has 1 aromatic carbocycles. The summed E-state index contributed by atoms with van der Waals surface area (Å²) in [4.78, 5) is 26.7. The highest BCUT2D eigenvalue weighted by Gasteiger charge is 2.35. The first-order chi connectivity index (χ1) is 11.1. The zero-order valence-electron chi connectivity index (χ0n) is 14.2. The lowest BCUT2D eigenvalue weighted by Crippen LogP contribution is -2.19. The van der Waals surface area contributed by atoms with Gasteiger partial charge in [-0.2, -0.15) is 0 Å². The van der Waals surface area contributed by atoms with Gasteiger partial charge in [0, 0.05) is 38.0 Å². The van der Waals surface area contributed by atoms with Crippen molar-refractivity contribution in [2.45, 2.75) is 17.7 Å². The van der Waals surface area contributed by atoms with Crippen LogP contribution < -0.4 is 4.74 Å². The number of rotatable bonds is 7.